The number of hydrogen-bond acceptors (Lipinski definition) is 3. The monoisotopic (exact) mass is 210 g/mol. The van der Waals surface area contributed by atoms with E-state index in [-0.39, 0.29) is 11.9 Å². The van der Waals surface area contributed by atoms with Gasteiger partial charge in [0.15, 0.2) is 0 Å². The van der Waals surface area contributed by atoms with Crippen molar-refractivity contribution < 1.29 is 9.21 Å². The Morgan fingerprint density at radius 1 is 1.67 bits per heavy atom. The molecule has 1 rings (SSSR count). The fourth-order valence-corrected chi connectivity index (χ4v) is 1.45. The molecule has 0 aromatic carbocycles. The minimum Gasteiger partial charge on any atom is -0.472 e. The highest BCUT2D eigenvalue weighted by Crippen LogP contribution is 2.06. The first-order valence-corrected chi connectivity index (χ1v) is 5.16. The molecule has 1 atom stereocenters. The lowest BCUT2D eigenvalue weighted by molar-refractivity contribution is -0.131. The Morgan fingerprint density at radius 2 is 2.40 bits per heavy atom. The molecule has 0 spiro atoms. The van der Waals surface area contributed by atoms with Crippen LogP contribution in [0.25, 0.3) is 0 Å². The predicted octanol–water partition coefficient (Wildman–Crippen LogP) is 1.37. The van der Waals surface area contributed by atoms with Crippen LogP contribution in [-0.4, -0.2) is 23.9 Å². The van der Waals surface area contributed by atoms with Gasteiger partial charge >= 0.3 is 0 Å². The van der Waals surface area contributed by atoms with E-state index in [4.69, 9.17) is 10.2 Å². The van der Waals surface area contributed by atoms with E-state index >= 15 is 0 Å². The highest BCUT2D eigenvalue weighted by Gasteiger charge is 2.17. The molecule has 1 amide bonds. The zero-order valence-corrected chi connectivity index (χ0v) is 9.27. The summed E-state index contributed by atoms with van der Waals surface area (Å²) in [7, 11) is 1.75. The molecule has 0 aliphatic carbocycles. The molecule has 1 aromatic rings. The van der Waals surface area contributed by atoms with Crippen LogP contribution in [0.5, 0.6) is 0 Å². The van der Waals surface area contributed by atoms with Gasteiger partial charge < -0.3 is 15.1 Å². The van der Waals surface area contributed by atoms with E-state index in [0.29, 0.717) is 6.54 Å². The van der Waals surface area contributed by atoms with Gasteiger partial charge in [0.05, 0.1) is 18.6 Å². The van der Waals surface area contributed by atoms with Crippen LogP contribution in [0, 0.1) is 0 Å². The SMILES string of the molecule is CCCC(N)C(=O)N(C)Cc1ccoc1. The Kier molecular flexibility index (Phi) is 4.37. The van der Waals surface area contributed by atoms with Crippen molar-refractivity contribution >= 4 is 5.91 Å². The molecule has 4 heteroatoms. The Bertz CT molecular complexity index is 296. The average molecular weight is 210 g/mol. The number of amides is 1. The molecule has 0 aliphatic rings. The van der Waals surface area contributed by atoms with Gasteiger partial charge in [0.1, 0.15) is 0 Å². The zero-order valence-electron chi connectivity index (χ0n) is 9.27. The van der Waals surface area contributed by atoms with E-state index in [0.717, 1.165) is 18.4 Å². The lowest BCUT2D eigenvalue weighted by atomic mass is 10.1. The third kappa shape index (κ3) is 3.40. The van der Waals surface area contributed by atoms with E-state index < -0.39 is 0 Å². The molecule has 84 valence electrons. The summed E-state index contributed by atoms with van der Waals surface area (Å²) in [4.78, 5) is 13.4. The molecule has 1 heterocycles. The van der Waals surface area contributed by atoms with Gasteiger partial charge in [-0.2, -0.15) is 0 Å². The Balaban J connectivity index is 2.46. The van der Waals surface area contributed by atoms with Gasteiger partial charge in [-0.3, -0.25) is 4.79 Å². The summed E-state index contributed by atoms with van der Waals surface area (Å²) >= 11 is 0. The summed E-state index contributed by atoms with van der Waals surface area (Å²) in [6, 6.07) is 1.46. The molecule has 0 fully saturated rings. The quantitative estimate of drug-likeness (QED) is 0.798. The minimum atomic E-state index is -0.382. The van der Waals surface area contributed by atoms with E-state index in [1.165, 1.54) is 0 Å². The lowest BCUT2D eigenvalue weighted by Crippen LogP contribution is -2.41. The molecule has 0 saturated heterocycles. The van der Waals surface area contributed by atoms with Crippen molar-refractivity contribution in [3.63, 3.8) is 0 Å². The third-order valence-corrected chi connectivity index (χ3v) is 2.29. The minimum absolute atomic E-state index is 0.0157. The standard InChI is InChI=1S/C11H18N2O2/c1-3-4-10(12)11(14)13(2)7-9-5-6-15-8-9/h5-6,8,10H,3-4,7,12H2,1-2H3. The number of nitrogens with two attached hydrogens (primary N) is 1. The number of furan rings is 1. The van der Waals surface area contributed by atoms with Crippen LogP contribution in [0.3, 0.4) is 0 Å². The van der Waals surface area contributed by atoms with E-state index in [1.54, 1.807) is 24.5 Å². The van der Waals surface area contributed by atoms with Crippen molar-refractivity contribution in [2.75, 3.05) is 7.05 Å². The maximum atomic E-state index is 11.7. The van der Waals surface area contributed by atoms with Gasteiger partial charge in [-0.15, -0.1) is 0 Å². The summed E-state index contributed by atoms with van der Waals surface area (Å²) in [6.07, 6.45) is 4.88. The second-order valence-corrected chi connectivity index (χ2v) is 3.72. The van der Waals surface area contributed by atoms with Crippen molar-refractivity contribution in [2.45, 2.75) is 32.4 Å². The first-order valence-electron chi connectivity index (χ1n) is 5.16. The average Bonchev–Trinajstić information content (AvgIpc) is 2.69. The number of carbonyl (C=O) groups is 1. The van der Waals surface area contributed by atoms with E-state index in [1.807, 2.05) is 13.0 Å². The van der Waals surface area contributed by atoms with Crippen LogP contribution in [0.2, 0.25) is 0 Å². The maximum absolute atomic E-state index is 11.7. The zero-order chi connectivity index (χ0) is 11.3. The van der Waals surface area contributed by atoms with Crippen LogP contribution >= 0.6 is 0 Å². The molecule has 4 nitrogen and oxygen atoms in total. The fraction of sp³-hybridized carbons (Fsp3) is 0.545. The van der Waals surface area contributed by atoms with Gasteiger partial charge in [-0.25, -0.2) is 0 Å². The van der Waals surface area contributed by atoms with Gasteiger partial charge in [0.2, 0.25) is 5.91 Å². The van der Waals surface area contributed by atoms with Crippen molar-refractivity contribution in [3.8, 4) is 0 Å². The fourth-order valence-electron chi connectivity index (χ4n) is 1.45. The molecule has 15 heavy (non-hydrogen) atoms. The molecular formula is C11H18N2O2. The molecule has 1 aromatic heterocycles. The first-order chi connectivity index (χ1) is 7.15. The van der Waals surface area contributed by atoms with Gasteiger partial charge in [0, 0.05) is 19.2 Å². The van der Waals surface area contributed by atoms with E-state index in [2.05, 4.69) is 0 Å². The van der Waals surface area contributed by atoms with E-state index in [9.17, 15) is 4.79 Å². The van der Waals surface area contributed by atoms with Crippen molar-refractivity contribution in [1.29, 1.82) is 0 Å². The number of carbonyl (C=O) groups excluding carboxylic acids is 1. The number of hydrogen-bond donors (Lipinski definition) is 1. The third-order valence-electron chi connectivity index (χ3n) is 2.29. The summed E-state index contributed by atoms with van der Waals surface area (Å²) < 4.78 is 4.93. The first kappa shape index (κ1) is 11.8. The van der Waals surface area contributed by atoms with Gasteiger partial charge in [0.25, 0.3) is 0 Å². The molecule has 0 radical (unpaired) electrons. The summed E-state index contributed by atoms with van der Waals surface area (Å²) in [5.74, 6) is -0.0157. The summed E-state index contributed by atoms with van der Waals surface area (Å²) in [5, 5.41) is 0. The van der Waals surface area contributed by atoms with Crippen LogP contribution in [0.4, 0.5) is 0 Å². The Labute approximate surface area is 90.0 Å². The van der Waals surface area contributed by atoms with Gasteiger partial charge in [-0.1, -0.05) is 13.3 Å². The van der Waals surface area contributed by atoms with Gasteiger partial charge in [-0.05, 0) is 12.5 Å². The predicted molar refractivity (Wildman–Crippen MR) is 58.1 cm³/mol. The topological polar surface area (TPSA) is 59.5 Å². The molecule has 0 aliphatic heterocycles. The van der Waals surface area contributed by atoms with Crippen LogP contribution in [-0.2, 0) is 11.3 Å². The highest BCUT2D eigenvalue weighted by molar-refractivity contribution is 5.81. The summed E-state index contributed by atoms with van der Waals surface area (Å²) in [6.45, 7) is 2.57. The second-order valence-electron chi connectivity index (χ2n) is 3.72. The van der Waals surface area contributed by atoms with Crippen molar-refractivity contribution in [3.05, 3.63) is 24.2 Å². The molecule has 0 bridgehead atoms. The normalized spacial score (nSPS) is 12.5. The van der Waals surface area contributed by atoms with Crippen LogP contribution < -0.4 is 5.73 Å². The smallest absolute Gasteiger partial charge is 0.239 e. The van der Waals surface area contributed by atoms with Crippen LogP contribution in [0.15, 0.2) is 23.0 Å². The molecular weight excluding hydrogens is 192 g/mol. The Morgan fingerprint density at radius 3 is 2.93 bits per heavy atom. The largest absolute Gasteiger partial charge is 0.472 e. The van der Waals surface area contributed by atoms with Crippen LogP contribution in [0.1, 0.15) is 25.3 Å². The van der Waals surface area contributed by atoms with Crippen molar-refractivity contribution in [1.82, 2.24) is 4.90 Å². The number of nitrogens with zero attached hydrogens (tertiary/aromatic N) is 1. The Hall–Kier alpha value is -1.29. The van der Waals surface area contributed by atoms with Crippen molar-refractivity contribution in [2.24, 2.45) is 5.73 Å². The second kappa shape index (κ2) is 5.56. The lowest BCUT2D eigenvalue weighted by Gasteiger charge is -2.20. The number of likely N-dealkylation sites (N-methyl/N-ethyl adjacent to an activating group) is 1. The molecule has 1 unspecified atom stereocenters. The molecule has 0 saturated carbocycles. The summed E-state index contributed by atoms with van der Waals surface area (Å²) in [5.41, 5.74) is 6.72. The highest BCUT2D eigenvalue weighted by atomic mass is 16.3. The maximum Gasteiger partial charge on any atom is 0.239 e. The molecule has 2 N–H and O–H groups in total. The number of rotatable bonds is 5.